The molecule has 1 aliphatic rings. The third-order valence-corrected chi connectivity index (χ3v) is 5.47. The van der Waals surface area contributed by atoms with E-state index >= 15 is 0 Å². The summed E-state index contributed by atoms with van der Waals surface area (Å²) in [5.74, 6) is -0.332. The molecule has 10 heteroatoms. The van der Waals surface area contributed by atoms with Crippen molar-refractivity contribution in [3.8, 4) is 6.07 Å². The van der Waals surface area contributed by atoms with E-state index in [0.717, 1.165) is 4.90 Å². The lowest BCUT2D eigenvalue weighted by Crippen LogP contribution is -2.55. The summed E-state index contributed by atoms with van der Waals surface area (Å²) in [5, 5.41) is 17.7. The van der Waals surface area contributed by atoms with Gasteiger partial charge in [0.1, 0.15) is 6.04 Å². The topological polar surface area (TPSA) is 123 Å². The summed E-state index contributed by atoms with van der Waals surface area (Å²) >= 11 is 3.38. The molecule has 0 aromatic heterocycles. The van der Waals surface area contributed by atoms with Crippen LogP contribution in [0.25, 0.3) is 0 Å². The van der Waals surface area contributed by atoms with E-state index in [-0.39, 0.29) is 22.9 Å². The third-order valence-electron chi connectivity index (χ3n) is 4.79. The highest BCUT2D eigenvalue weighted by Gasteiger charge is 2.40. The first-order valence-corrected chi connectivity index (χ1v) is 9.48. The maximum absolute atomic E-state index is 13.2. The van der Waals surface area contributed by atoms with E-state index in [1.807, 2.05) is 6.07 Å². The molecule has 2 aromatic rings. The van der Waals surface area contributed by atoms with Crippen LogP contribution in [0.4, 0.5) is 19.3 Å². The number of allylic oxidation sites excluding steroid dienone is 1. The van der Waals surface area contributed by atoms with Gasteiger partial charge in [-0.2, -0.15) is 5.26 Å². The Morgan fingerprint density at radius 2 is 2.00 bits per heavy atom. The van der Waals surface area contributed by atoms with Gasteiger partial charge in [0.2, 0.25) is 5.96 Å². The largest absolute Gasteiger partial charge is 0.399 e. The second kappa shape index (κ2) is 8.12. The summed E-state index contributed by atoms with van der Waals surface area (Å²) < 4.78 is 26.8. The van der Waals surface area contributed by atoms with Crippen molar-refractivity contribution in [2.45, 2.75) is 19.4 Å². The normalized spacial score (nSPS) is 16.8. The Labute approximate surface area is 179 Å². The van der Waals surface area contributed by atoms with Gasteiger partial charge >= 0.3 is 6.03 Å². The van der Waals surface area contributed by atoms with Crippen LogP contribution < -0.4 is 16.4 Å². The number of carbonyl (C=O) groups is 1. The number of alkyl halides is 2. The Hall–Kier alpha value is -3.45. The fourth-order valence-corrected chi connectivity index (χ4v) is 3.92. The molecule has 1 atom stereocenters. The smallest absolute Gasteiger partial charge is 0.322 e. The molecule has 0 bridgehead atoms. The van der Waals surface area contributed by atoms with Crippen LogP contribution >= 0.6 is 15.9 Å². The number of anilines is 1. The number of nitrogens with one attached hydrogen (secondary N) is 1. The van der Waals surface area contributed by atoms with Crippen LogP contribution in [0.1, 0.15) is 36.1 Å². The Morgan fingerprint density at radius 1 is 1.30 bits per heavy atom. The van der Waals surface area contributed by atoms with E-state index in [2.05, 4.69) is 15.9 Å². The molecule has 1 heterocycles. The molecule has 154 valence electrons. The first-order chi connectivity index (χ1) is 14.2. The van der Waals surface area contributed by atoms with Crippen molar-refractivity contribution in [1.82, 2.24) is 4.90 Å². The highest BCUT2D eigenvalue weighted by atomic mass is 79.9. The SMILES string of the molecule is CC1=C(N)C(c2ccc(C#N)cc2Br)N(C(N)=O)C(=N)N1c1cccc(C(F)F)c1. The first kappa shape index (κ1) is 21.3. The molecule has 0 fully saturated rings. The second-order valence-corrected chi connectivity index (χ2v) is 7.41. The number of urea groups is 1. The second-order valence-electron chi connectivity index (χ2n) is 6.55. The molecule has 7 nitrogen and oxygen atoms in total. The van der Waals surface area contributed by atoms with Crippen LogP contribution in [0.15, 0.2) is 58.3 Å². The molecule has 2 aromatic carbocycles. The first-order valence-electron chi connectivity index (χ1n) is 8.68. The monoisotopic (exact) mass is 474 g/mol. The molecule has 0 radical (unpaired) electrons. The summed E-state index contributed by atoms with van der Waals surface area (Å²) in [7, 11) is 0. The van der Waals surface area contributed by atoms with Gasteiger partial charge in [0.15, 0.2) is 0 Å². The molecule has 3 rings (SSSR count). The fourth-order valence-electron chi connectivity index (χ4n) is 3.33. The average molecular weight is 475 g/mol. The van der Waals surface area contributed by atoms with E-state index in [4.69, 9.17) is 22.1 Å². The lowest BCUT2D eigenvalue weighted by Gasteiger charge is -2.42. The number of rotatable bonds is 3. The fraction of sp³-hybridized carbons (Fsp3) is 0.150. The van der Waals surface area contributed by atoms with Crippen LogP contribution in [0.3, 0.4) is 0 Å². The zero-order valence-electron chi connectivity index (χ0n) is 15.7. The number of amides is 2. The Bertz CT molecular complexity index is 1110. The number of carbonyl (C=O) groups excluding carboxylic acids is 1. The van der Waals surface area contributed by atoms with E-state index in [9.17, 15) is 13.6 Å². The molecular weight excluding hydrogens is 458 g/mol. The van der Waals surface area contributed by atoms with Crippen LogP contribution in [0.2, 0.25) is 0 Å². The quantitative estimate of drug-likeness (QED) is 0.612. The van der Waals surface area contributed by atoms with Crippen LogP contribution in [-0.2, 0) is 0 Å². The molecule has 2 amide bonds. The predicted octanol–water partition coefficient (Wildman–Crippen LogP) is 4.33. The molecule has 0 aliphatic carbocycles. The zero-order valence-corrected chi connectivity index (χ0v) is 17.3. The van der Waals surface area contributed by atoms with Gasteiger partial charge in [0, 0.05) is 21.4 Å². The Kier molecular flexibility index (Phi) is 5.75. The highest BCUT2D eigenvalue weighted by molar-refractivity contribution is 9.10. The molecular formula is C20H17BrF2N6O. The molecule has 1 unspecified atom stereocenters. The van der Waals surface area contributed by atoms with Crippen LogP contribution in [-0.4, -0.2) is 16.9 Å². The van der Waals surface area contributed by atoms with E-state index < -0.39 is 18.5 Å². The van der Waals surface area contributed by atoms with Crippen LogP contribution in [0.5, 0.6) is 0 Å². The zero-order chi connectivity index (χ0) is 22.2. The summed E-state index contributed by atoms with van der Waals surface area (Å²) in [6.45, 7) is 1.63. The predicted molar refractivity (Wildman–Crippen MR) is 112 cm³/mol. The maximum atomic E-state index is 13.2. The molecule has 0 saturated heterocycles. The number of nitrogens with two attached hydrogens (primary N) is 2. The average Bonchev–Trinajstić information content (AvgIpc) is 2.70. The van der Waals surface area contributed by atoms with Gasteiger partial charge in [-0.05, 0) is 36.8 Å². The van der Waals surface area contributed by atoms with Crippen molar-refractivity contribution in [2.24, 2.45) is 11.5 Å². The van der Waals surface area contributed by atoms with Gasteiger partial charge in [-0.3, -0.25) is 15.2 Å². The van der Waals surface area contributed by atoms with E-state index in [0.29, 0.717) is 21.3 Å². The number of guanidine groups is 1. The number of nitriles is 1. The van der Waals surface area contributed by atoms with Crippen molar-refractivity contribution in [3.63, 3.8) is 0 Å². The van der Waals surface area contributed by atoms with Crippen molar-refractivity contribution in [3.05, 3.63) is 75.0 Å². The van der Waals surface area contributed by atoms with E-state index in [1.165, 1.54) is 29.2 Å². The molecule has 0 spiro atoms. The number of hydrogen-bond acceptors (Lipinski definition) is 4. The molecule has 5 N–H and O–H groups in total. The van der Waals surface area contributed by atoms with Gasteiger partial charge < -0.3 is 11.5 Å². The van der Waals surface area contributed by atoms with Gasteiger partial charge in [-0.25, -0.2) is 13.6 Å². The Morgan fingerprint density at radius 3 is 2.57 bits per heavy atom. The molecule has 0 saturated carbocycles. The van der Waals surface area contributed by atoms with Gasteiger partial charge in [0.25, 0.3) is 6.43 Å². The van der Waals surface area contributed by atoms with E-state index in [1.54, 1.807) is 25.1 Å². The van der Waals surface area contributed by atoms with Crippen molar-refractivity contribution in [1.29, 1.82) is 10.7 Å². The molecule has 30 heavy (non-hydrogen) atoms. The highest BCUT2D eigenvalue weighted by Crippen LogP contribution is 2.39. The van der Waals surface area contributed by atoms with Crippen LogP contribution in [0, 0.1) is 16.7 Å². The summed E-state index contributed by atoms with van der Waals surface area (Å²) in [6, 6.07) is 10.4. The van der Waals surface area contributed by atoms with Crippen molar-refractivity contribution >= 4 is 33.6 Å². The van der Waals surface area contributed by atoms with Gasteiger partial charge in [-0.1, -0.05) is 34.1 Å². The third kappa shape index (κ3) is 3.59. The minimum absolute atomic E-state index is 0.206. The lowest BCUT2D eigenvalue weighted by atomic mass is 9.97. The minimum Gasteiger partial charge on any atom is -0.399 e. The van der Waals surface area contributed by atoms with Gasteiger partial charge in [-0.15, -0.1) is 0 Å². The lowest BCUT2D eigenvalue weighted by molar-refractivity contribution is 0.151. The standard InChI is InChI=1S/C20H17BrF2N6O/c1-10-16(25)17(14-6-5-11(9-24)7-15(14)21)29(20(27)30)19(26)28(10)13-4-2-3-12(8-13)18(22)23/h2-8,17-18,26H,25H2,1H3,(H2,27,30). The minimum atomic E-state index is -2.69. The number of hydrogen-bond donors (Lipinski definition) is 3. The summed E-state index contributed by atoms with van der Waals surface area (Å²) in [5.41, 5.74) is 13.5. The van der Waals surface area contributed by atoms with Crippen molar-refractivity contribution in [2.75, 3.05) is 4.90 Å². The summed E-state index contributed by atoms with van der Waals surface area (Å²) in [6.07, 6.45) is -2.69. The molecule has 1 aliphatic heterocycles. The number of nitrogens with zero attached hydrogens (tertiary/aromatic N) is 3. The number of benzene rings is 2. The Balaban J connectivity index is 2.19. The number of primary amides is 1. The maximum Gasteiger partial charge on any atom is 0.322 e. The summed E-state index contributed by atoms with van der Waals surface area (Å²) in [4.78, 5) is 14.6. The number of halogens is 3. The van der Waals surface area contributed by atoms with Gasteiger partial charge in [0.05, 0.1) is 17.3 Å². The van der Waals surface area contributed by atoms with Crippen molar-refractivity contribution < 1.29 is 13.6 Å².